The van der Waals surface area contributed by atoms with Crippen LogP contribution in [-0.4, -0.2) is 29.7 Å². The Kier molecular flexibility index (Phi) is 5.92. The Hall–Kier alpha value is -0.610. The zero-order valence-electron chi connectivity index (χ0n) is 11.0. The summed E-state index contributed by atoms with van der Waals surface area (Å²) in [5.74, 6) is 0.340. The first-order valence-corrected chi connectivity index (χ1v) is 6.77. The molecule has 1 aliphatic rings. The number of nitrogens with one attached hydrogen (secondary N) is 1. The lowest BCUT2D eigenvalue weighted by atomic mass is 9.84. The van der Waals surface area contributed by atoms with Crippen molar-refractivity contribution < 1.29 is 9.90 Å². The Morgan fingerprint density at radius 1 is 1.47 bits per heavy atom. The quantitative estimate of drug-likeness (QED) is 0.674. The molecule has 0 aromatic heterocycles. The van der Waals surface area contributed by atoms with E-state index in [9.17, 15) is 9.90 Å². The molecule has 0 heterocycles. The molecular formula is C13H26N2O2. The molecule has 4 nitrogen and oxygen atoms in total. The van der Waals surface area contributed by atoms with Crippen molar-refractivity contribution in [2.24, 2.45) is 17.6 Å². The molecule has 0 bridgehead atoms. The topological polar surface area (TPSA) is 75.4 Å². The summed E-state index contributed by atoms with van der Waals surface area (Å²) >= 11 is 0. The van der Waals surface area contributed by atoms with Gasteiger partial charge < -0.3 is 16.2 Å². The summed E-state index contributed by atoms with van der Waals surface area (Å²) in [6.45, 7) is 4.19. The van der Waals surface area contributed by atoms with E-state index in [0.717, 1.165) is 32.1 Å². The molecule has 0 aliphatic heterocycles. The summed E-state index contributed by atoms with van der Waals surface area (Å²) in [5, 5.41) is 12.3. The number of nitrogens with two attached hydrogens (primary N) is 1. The van der Waals surface area contributed by atoms with Gasteiger partial charge in [0.2, 0.25) is 5.91 Å². The van der Waals surface area contributed by atoms with Gasteiger partial charge in [-0.2, -0.15) is 0 Å². The summed E-state index contributed by atoms with van der Waals surface area (Å²) in [4.78, 5) is 12.0. The summed E-state index contributed by atoms with van der Waals surface area (Å²) in [5.41, 5.74) is 5.90. The van der Waals surface area contributed by atoms with E-state index >= 15 is 0 Å². The minimum absolute atomic E-state index is 0.0651. The lowest BCUT2D eigenvalue weighted by Crippen LogP contribution is -2.51. The van der Waals surface area contributed by atoms with Crippen molar-refractivity contribution in [3.05, 3.63) is 0 Å². The lowest BCUT2D eigenvalue weighted by molar-refractivity contribution is -0.124. The smallest absolute Gasteiger partial charge is 0.237 e. The first-order valence-electron chi connectivity index (χ1n) is 6.77. The molecule has 4 heteroatoms. The average Bonchev–Trinajstić information content (AvgIpc) is 2.37. The maximum Gasteiger partial charge on any atom is 0.237 e. The second kappa shape index (κ2) is 6.97. The maximum absolute atomic E-state index is 12.0. The molecule has 4 atom stereocenters. The van der Waals surface area contributed by atoms with Gasteiger partial charge in [-0.25, -0.2) is 0 Å². The van der Waals surface area contributed by atoms with E-state index in [1.807, 2.05) is 13.8 Å². The predicted octanol–water partition coefficient (Wildman–Crippen LogP) is 1.03. The Morgan fingerprint density at radius 2 is 2.12 bits per heavy atom. The molecule has 17 heavy (non-hydrogen) atoms. The summed E-state index contributed by atoms with van der Waals surface area (Å²) in [6, 6.07) is -0.322. The van der Waals surface area contributed by atoms with E-state index in [2.05, 4.69) is 5.32 Å². The van der Waals surface area contributed by atoms with Gasteiger partial charge in [-0.15, -0.1) is 0 Å². The Morgan fingerprint density at radius 3 is 2.71 bits per heavy atom. The molecule has 4 N–H and O–H groups in total. The van der Waals surface area contributed by atoms with Crippen molar-refractivity contribution in [2.75, 3.05) is 6.61 Å². The fourth-order valence-electron chi connectivity index (χ4n) is 2.41. The highest BCUT2D eigenvalue weighted by molar-refractivity contribution is 5.82. The van der Waals surface area contributed by atoms with Gasteiger partial charge >= 0.3 is 0 Å². The third kappa shape index (κ3) is 3.96. The van der Waals surface area contributed by atoms with Gasteiger partial charge in [0.05, 0.1) is 6.04 Å². The van der Waals surface area contributed by atoms with Crippen molar-refractivity contribution in [3.63, 3.8) is 0 Å². The maximum atomic E-state index is 12.0. The third-order valence-electron chi connectivity index (χ3n) is 4.03. The number of carbonyl (C=O) groups is 1. The normalized spacial score (nSPS) is 28.5. The first-order chi connectivity index (χ1) is 8.10. The van der Waals surface area contributed by atoms with Crippen molar-refractivity contribution in [2.45, 2.75) is 58.0 Å². The molecule has 2 unspecified atom stereocenters. The van der Waals surface area contributed by atoms with Crippen LogP contribution in [0.25, 0.3) is 0 Å². The highest BCUT2D eigenvalue weighted by atomic mass is 16.3. The van der Waals surface area contributed by atoms with E-state index in [0.29, 0.717) is 0 Å². The number of aliphatic hydroxyl groups is 1. The Balaban J connectivity index is 2.48. The number of carbonyl (C=O) groups excluding carboxylic acids is 1. The molecule has 0 radical (unpaired) electrons. The zero-order chi connectivity index (χ0) is 12.8. The Labute approximate surface area is 104 Å². The standard InChI is InChI=1S/C13H26N2O2/c1-3-9(2)12(14)13(17)15-11-7-5-4-6-10(11)8-16/h9-12,16H,3-8,14H2,1-2H3,(H,15,17)/t9-,10?,11?,12-/m0/s1. The number of amides is 1. The van der Waals surface area contributed by atoms with Gasteiger partial charge in [-0.1, -0.05) is 33.1 Å². The third-order valence-corrected chi connectivity index (χ3v) is 4.03. The molecule has 1 fully saturated rings. The highest BCUT2D eigenvalue weighted by Gasteiger charge is 2.28. The number of hydrogen-bond acceptors (Lipinski definition) is 3. The molecule has 100 valence electrons. The fourth-order valence-corrected chi connectivity index (χ4v) is 2.41. The molecule has 1 rings (SSSR count). The van der Waals surface area contributed by atoms with Crippen LogP contribution in [-0.2, 0) is 4.79 Å². The van der Waals surface area contributed by atoms with Crippen molar-refractivity contribution in [3.8, 4) is 0 Å². The van der Waals surface area contributed by atoms with Crippen LogP contribution in [0.15, 0.2) is 0 Å². The second-order valence-electron chi connectivity index (χ2n) is 5.25. The molecule has 0 aromatic rings. The van der Waals surface area contributed by atoms with Crippen LogP contribution in [0.1, 0.15) is 46.0 Å². The summed E-state index contributed by atoms with van der Waals surface area (Å²) in [6.07, 6.45) is 5.14. The molecule has 0 saturated heterocycles. The lowest BCUT2D eigenvalue weighted by Gasteiger charge is -2.32. The monoisotopic (exact) mass is 242 g/mol. The van der Waals surface area contributed by atoms with Crippen molar-refractivity contribution >= 4 is 5.91 Å². The van der Waals surface area contributed by atoms with E-state index in [4.69, 9.17) is 5.73 Å². The van der Waals surface area contributed by atoms with Crippen LogP contribution in [0.3, 0.4) is 0 Å². The fraction of sp³-hybridized carbons (Fsp3) is 0.923. The minimum Gasteiger partial charge on any atom is -0.396 e. The van der Waals surface area contributed by atoms with Crippen LogP contribution in [0.4, 0.5) is 0 Å². The van der Waals surface area contributed by atoms with Gasteiger partial charge in [0.15, 0.2) is 0 Å². The Bertz CT molecular complexity index is 246. The highest BCUT2D eigenvalue weighted by Crippen LogP contribution is 2.24. The van der Waals surface area contributed by atoms with E-state index in [1.165, 1.54) is 0 Å². The van der Waals surface area contributed by atoms with Crippen LogP contribution >= 0.6 is 0 Å². The molecule has 0 spiro atoms. The molecule has 0 aromatic carbocycles. The van der Waals surface area contributed by atoms with Gasteiger partial charge in [0.1, 0.15) is 0 Å². The van der Waals surface area contributed by atoms with Gasteiger partial charge in [0.25, 0.3) is 0 Å². The van der Waals surface area contributed by atoms with Crippen LogP contribution < -0.4 is 11.1 Å². The van der Waals surface area contributed by atoms with Crippen molar-refractivity contribution in [1.82, 2.24) is 5.32 Å². The minimum atomic E-state index is -0.429. The molecular weight excluding hydrogens is 216 g/mol. The predicted molar refractivity (Wildman–Crippen MR) is 68.4 cm³/mol. The molecule has 1 aliphatic carbocycles. The number of hydrogen-bond donors (Lipinski definition) is 3. The average molecular weight is 242 g/mol. The molecule has 1 saturated carbocycles. The second-order valence-corrected chi connectivity index (χ2v) is 5.25. The SMILES string of the molecule is CC[C@H](C)[C@H](N)C(=O)NC1CCCCC1CO. The number of rotatable bonds is 5. The largest absolute Gasteiger partial charge is 0.396 e. The van der Waals surface area contributed by atoms with Crippen LogP contribution in [0.5, 0.6) is 0 Å². The summed E-state index contributed by atoms with van der Waals surface area (Å²) < 4.78 is 0. The van der Waals surface area contributed by atoms with E-state index in [1.54, 1.807) is 0 Å². The van der Waals surface area contributed by atoms with E-state index < -0.39 is 6.04 Å². The van der Waals surface area contributed by atoms with Gasteiger partial charge in [-0.3, -0.25) is 4.79 Å². The van der Waals surface area contributed by atoms with Crippen LogP contribution in [0, 0.1) is 11.8 Å². The van der Waals surface area contributed by atoms with Crippen LogP contribution in [0.2, 0.25) is 0 Å². The van der Waals surface area contributed by atoms with Gasteiger partial charge in [-0.05, 0) is 18.8 Å². The number of aliphatic hydroxyl groups excluding tert-OH is 1. The molecule has 1 amide bonds. The first kappa shape index (κ1) is 14.5. The zero-order valence-corrected chi connectivity index (χ0v) is 11.0. The summed E-state index contributed by atoms with van der Waals surface area (Å²) in [7, 11) is 0. The van der Waals surface area contributed by atoms with Gasteiger partial charge in [0, 0.05) is 18.6 Å². The van der Waals surface area contributed by atoms with E-state index in [-0.39, 0.29) is 30.4 Å². The van der Waals surface area contributed by atoms with Crippen molar-refractivity contribution in [1.29, 1.82) is 0 Å².